The van der Waals surface area contributed by atoms with E-state index < -0.39 is 10.0 Å². The van der Waals surface area contributed by atoms with Crippen LogP contribution in [0.1, 0.15) is 43.5 Å². The largest absolute Gasteiger partial charge is 0.466 e. The van der Waals surface area contributed by atoms with Crippen molar-refractivity contribution in [2.75, 3.05) is 26.2 Å². The zero-order valence-corrected chi connectivity index (χ0v) is 17.0. The van der Waals surface area contributed by atoms with Crippen LogP contribution >= 0.6 is 0 Å². The number of carbonyl (C=O) groups is 3. The SMILES string of the molecule is CCOC(=O)C1CCCN(C(=O)CCNS(=O)(=O)c2ccc(C(C)=O)cc2)C1. The number of hydrogen-bond donors (Lipinski definition) is 1. The van der Waals surface area contributed by atoms with Crippen LogP contribution in [0.5, 0.6) is 0 Å². The molecule has 28 heavy (non-hydrogen) atoms. The number of nitrogens with one attached hydrogen (secondary N) is 1. The summed E-state index contributed by atoms with van der Waals surface area (Å²) in [6.45, 7) is 4.25. The standard InChI is InChI=1S/C19H26N2O6S/c1-3-27-19(24)16-5-4-12-21(13-16)18(23)10-11-20-28(25,26)17-8-6-15(7-9-17)14(2)22/h6-9,16,20H,3-5,10-13H2,1-2H3. The van der Waals surface area contributed by atoms with Gasteiger partial charge >= 0.3 is 5.97 Å². The molecule has 1 fully saturated rings. The predicted octanol–water partition coefficient (Wildman–Crippen LogP) is 1.36. The van der Waals surface area contributed by atoms with Gasteiger partial charge in [-0.1, -0.05) is 12.1 Å². The number of esters is 1. The molecule has 1 unspecified atom stereocenters. The summed E-state index contributed by atoms with van der Waals surface area (Å²) < 4.78 is 32.0. The van der Waals surface area contributed by atoms with Gasteiger partial charge in [0, 0.05) is 31.6 Å². The van der Waals surface area contributed by atoms with E-state index in [9.17, 15) is 22.8 Å². The van der Waals surface area contributed by atoms with Crippen molar-refractivity contribution in [1.29, 1.82) is 0 Å². The van der Waals surface area contributed by atoms with Gasteiger partial charge in [-0.15, -0.1) is 0 Å². The maximum Gasteiger partial charge on any atom is 0.310 e. The first-order chi connectivity index (χ1) is 13.2. The number of sulfonamides is 1. The van der Waals surface area contributed by atoms with Crippen LogP contribution in [0.25, 0.3) is 0 Å². The zero-order chi connectivity index (χ0) is 20.7. The van der Waals surface area contributed by atoms with E-state index >= 15 is 0 Å². The van der Waals surface area contributed by atoms with Gasteiger partial charge < -0.3 is 9.64 Å². The van der Waals surface area contributed by atoms with Gasteiger partial charge in [-0.05, 0) is 38.8 Å². The van der Waals surface area contributed by atoms with Gasteiger partial charge in [0.25, 0.3) is 0 Å². The van der Waals surface area contributed by atoms with Gasteiger partial charge in [-0.2, -0.15) is 0 Å². The molecule has 0 saturated carbocycles. The first kappa shape index (κ1) is 22.0. The quantitative estimate of drug-likeness (QED) is 0.512. The number of hydrogen-bond acceptors (Lipinski definition) is 6. The molecule has 1 atom stereocenters. The van der Waals surface area contributed by atoms with E-state index in [0.29, 0.717) is 38.1 Å². The van der Waals surface area contributed by atoms with Gasteiger partial charge in [0.15, 0.2) is 5.78 Å². The van der Waals surface area contributed by atoms with Gasteiger partial charge in [-0.25, -0.2) is 13.1 Å². The molecule has 8 nitrogen and oxygen atoms in total. The molecule has 0 bridgehead atoms. The highest BCUT2D eigenvalue weighted by Gasteiger charge is 2.29. The third kappa shape index (κ3) is 5.87. The Hall–Kier alpha value is -2.26. The van der Waals surface area contributed by atoms with Crippen LogP contribution < -0.4 is 4.72 Å². The summed E-state index contributed by atoms with van der Waals surface area (Å²) in [5, 5.41) is 0. The molecule has 9 heteroatoms. The number of nitrogens with zero attached hydrogens (tertiary/aromatic N) is 1. The Balaban J connectivity index is 1.86. The lowest BCUT2D eigenvalue weighted by Gasteiger charge is -2.31. The molecule has 2 rings (SSSR count). The highest BCUT2D eigenvalue weighted by Crippen LogP contribution is 2.18. The minimum Gasteiger partial charge on any atom is -0.466 e. The lowest BCUT2D eigenvalue weighted by molar-refractivity contribution is -0.151. The number of carbonyl (C=O) groups excluding carboxylic acids is 3. The lowest BCUT2D eigenvalue weighted by Crippen LogP contribution is -2.43. The molecule has 1 aliphatic heterocycles. The van der Waals surface area contributed by atoms with Gasteiger partial charge in [0.05, 0.1) is 17.4 Å². The normalized spacial score (nSPS) is 17.2. The summed E-state index contributed by atoms with van der Waals surface area (Å²) in [6.07, 6.45) is 1.40. The van der Waals surface area contributed by atoms with E-state index in [1.165, 1.54) is 31.2 Å². The van der Waals surface area contributed by atoms with E-state index in [1.807, 2.05) is 0 Å². The number of Topliss-reactive ketones (excluding diaryl/α,β-unsaturated/α-hetero) is 1. The van der Waals surface area contributed by atoms with E-state index in [0.717, 1.165) is 0 Å². The average molecular weight is 410 g/mol. The van der Waals surface area contributed by atoms with Crippen molar-refractivity contribution < 1.29 is 27.5 Å². The summed E-state index contributed by atoms with van der Waals surface area (Å²) in [5.74, 6) is -0.974. The van der Waals surface area contributed by atoms with Crippen molar-refractivity contribution in [3.05, 3.63) is 29.8 Å². The molecule has 0 aliphatic carbocycles. The second-order valence-electron chi connectivity index (χ2n) is 6.66. The fourth-order valence-electron chi connectivity index (χ4n) is 3.06. The molecule has 1 N–H and O–H groups in total. The molecular formula is C19H26N2O6S. The third-order valence-electron chi connectivity index (χ3n) is 4.60. The molecule has 1 aromatic carbocycles. The molecule has 0 spiro atoms. The lowest BCUT2D eigenvalue weighted by atomic mass is 9.98. The van der Waals surface area contributed by atoms with E-state index in [1.54, 1.807) is 11.8 Å². The maximum atomic E-state index is 12.4. The number of likely N-dealkylation sites (tertiary alicyclic amines) is 1. The van der Waals surface area contributed by atoms with E-state index in [-0.39, 0.29) is 41.4 Å². The van der Waals surface area contributed by atoms with E-state index in [2.05, 4.69) is 4.72 Å². The molecule has 1 aromatic rings. The molecular weight excluding hydrogens is 384 g/mol. The Kier molecular flexibility index (Phi) is 7.70. The van der Waals surface area contributed by atoms with Crippen LogP contribution in [0.3, 0.4) is 0 Å². The first-order valence-corrected chi connectivity index (χ1v) is 10.8. The molecule has 0 aromatic heterocycles. The minimum atomic E-state index is -3.77. The molecule has 0 radical (unpaired) electrons. The minimum absolute atomic E-state index is 0.000302. The molecule has 1 amide bonds. The fraction of sp³-hybridized carbons (Fsp3) is 0.526. The van der Waals surface area contributed by atoms with E-state index in [4.69, 9.17) is 4.74 Å². The van der Waals surface area contributed by atoms with Crippen molar-refractivity contribution in [2.45, 2.75) is 38.0 Å². The van der Waals surface area contributed by atoms with Gasteiger partial charge in [0.1, 0.15) is 0 Å². The van der Waals surface area contributed by atoms with Crippen molar-refractivity contribution in [3.8, 4) is 0 Å². The first-order valence-electron chi connectivity index (χ1n) is 9.29. The van der Waals surface area contributed by atoms with Crippen LogP contribution in [-0.2, 0) is 24.3 Å². The summed E-state index contributed by atoms with van der Waals surface area (Å²) in [5.41, 5.74) is 0.426. The fourth-order valence-corrected chi connectivity index (χ4v) is 4.09. The molecule has 1 aliphatic rings. The van der Waals surface area contributed by atoms with Crippen molar-refractivity contribution in [3.63, 3.8) is 0 Å². The van der Waals surface area contributed by atoms with Crippen LogP contribution in [-0.4, -0.2) is 57.2 Å². The summed E-state index contributed by atoms with van der Waals surface area (Å²) >= 11 is 0. The number of ketones is 1. The van der Waals surface area contributed by atoms with Crippen LogP contribution in [0.4, 0.5) is 0 Å². The second-order valence-corrected chi connectivity index (χ2v) is 8.43. The Morgan fingerprint density at radius 2 is 1.89 bits per heavy atom. The third-order valence-corrected chi connectivity index (χ3v) is 6.07. The molecule has 1 saturated heterocycles. The number of piperidine rings is 1. The van der Waals surface area contributed by atoms with Crippen LogP contribution in [0, 0.1) is 5.92 Å². The van der Waals surface area contributed by atoms with Crippen molar-refractivity contribution in [2.24, 2.45) is 5.92 Å². The predicted molar refractivity (Wildman–Crippen MR) is 102 cm³/mol. The smallest absolute Gasteiger partial charge is 0.310 e. The van der Waals surface area contributed by atoms with Gasteiger partial charge in [0.2, 0.25) is 15.9 Å². The highest BCUT2D eigenvalue weighted by molar-refractivity contribution is 7.89. The number of benzene rings is 1. The number of amides is 1. The molecule has 1 heterocycles. The van der Waals surface area contributed by atoms with Gasteiger partial charge in [-0.3, -0.25) is 14.4 Å². The Morgan fingerprint density at radius 3 is 2.50 bits per heavy atom. The van der Waals surface area contributed by atoms with Crippen molar-refractivity contribution >= 4 is 27.7 Å². The van der Waals surface area contributed by atoms with Crippen LogP contribution in [0.2, 0.25) is 0 Å². The Bertz CT molecular complexity index is 819. The highest BCUT2D eigenvalue weighted by atomic mass is 32.2. The zero-order valence-electron chi connectivity index (χ0n) is 16.1. The monoisotopic (exact) mass is 410 g/mol. The summed E-state index contributed by atoms with van der Waals surface area (Å²) in [4.78, 5) is 37.1. The summed E-state index contributed by atoms with van der Waals surface area (Å²) in [6, 6.07) is 5.61. The Morgan fingerprint density at radius 1 is 1.21 bits per heavy atom. The summed E-state index contributed by atoms with van der Waals surface area (Å²) in [7, 11) is -3.77. The Labute approximate surface area is 165 Å². The second kappa shape index (κ2) is 9.79. The van der Waals surface area contributed by atoms with Crippen LogP contribution in [0.15, 0.2) is 29.2 Å². The number of rotatable bonds is 8. The number of ether oxygens (including phenoxy) is 1. The van der Waals surface area contributed by atoms with Crippen molar-refractivity contribution in [1.82, 2.24) is 9.62 Å². The molecule has 154 valence electrons. The topological polar surface area (TPSA) is 110 Å². The average Bonchev–Trinajstić information content (AvgIpc) is 2.68. The maximum absolute atomic E-state index is 12.4.